The Bertz CT molecular complexity index is 1400. The SMILES string of the molecule is COc1ccc(-c2cc(C(F)(F)F)n3nc(C(=O)Nc4cc(C)ccc4C)cc3n2)cc1OC. The van der Waals surface area contributed by atoms with Crippen LogP contribution in [0.25, 0.3) is 16.9 Å². The van der Waals surface area contributed by atoms with Crippen molar-refractivity contribution in [3.8, 4) is 22.8 Å². The summed E-state index contributed by atoms with van der Waals surface area (Å²) in [6, 6.07) is 12.3. The van der Waals surface area contributed by atoms with E-state index in [1.165, 1.54) is 26.4 Å². The summed E-state index contributed by atoms with van der Waals surface area (Å²) in [6.45, 7) is 3.69. The van der Waals surface area contributed by atoms with Gasteiger partial charge in [0, 0.05) is 17.3 Å². The minimum atomic E-state index is -4.74. The number of ether oxygens (including phenoxy) is 2. The molecule has 2 aromatic carbocycles. The lowest BCUT2D eigenvalue weighted by Gasteiger charge is -2.12. The molecule has 0 fully saturated rings. The Kier molecular flexibility index (Phi) is 5.90. The molecule has 176 valence electrons. The van der Waals surface area contributed by atoms with Crippen LogP contribution in [0.15, 0.2) is 48.5 Å². The molecule has 0 spiro atoms. The Hall–Kier alpha value is -4.08. The molecule has 0 saturated heterocycles. The van der Waals surface area contributed by atoms with Crippen molar-refractivity contribution in [3.05, 3.63) is 71.0 Å². The van der Waals surface area contributed by atoms with Gasteiger partial charge in [0.2, 0.25) is 0 Å². The van der Waals surface area contributed by atoms with Gasteiger partial charge in [-0.2, -0.15) is 18.3 Å². The van der Waals surface area contributed by atoms with Crippen molar-refractivity contribution >= 4 is 17.2 Å². The van der Waals surface area contributed by atoms with E-state index in [0.717, 1.165) is 17.2 Å². The molecule has 10 heteroatoms. The molecule has 0 aliphatic heterocycles. The molecule has 2 heterocycles. The Balaban J connectivity index is 1.80. The van der Waals surface area contributed by atoms with Crippen LogP contribution in [0.4, 0.5) is 18.9 Å². The fraction of sp³-hybridized carbons (Fsp3) is 0.208. The van der Waals surface area contributed by atoms with Crippen LogP contribution in [-0.4, -0.2) is 34.7 Å². The zero-order valence-electron chi connectivity index (χ0n) is 18.8. The van der Waals surface area contributed by atoms with Gasteiger partial charge in [-0.3, -0.25) is 4.79 Å². The largest absolute Gasteiger partial charge is 0.493 e. The molecule has 0 bridgehead atoms. The fourth-order valence-corrected chi connectivity index (χ4v) is 3.49. The number of rotatable bonds is 5. The highest BCUT2D eigenvalue weighted by Gasteiger charge is 2.35. The number of halogens is 3. The molecule has 2 aromatic heterocycles. The van der Waals surface area contributed by atoms with Crippen LogP contribution in [-0.2, 0) is 6.18 Å². The number of benzene rings is 2. The number of alkyl halides is 3. The molecule has 0 radical (unpaired) electrons. The zero-order chi connectivity index (χ0) is 24.6. The third kappa shape index (κ3) is 4.39. The highest BCUT2D eigenvalue weighted by atomic mass is 19.4. The Morgan fingerprint density at radius 2 is 1.71 bits per heavy atom. The number of hydrogen-bond acceptors (Lipinski definition) is 5. The van der Waals surface area contributed by atoms with E-state index in [-0.39, 0.29) is 17.0 Å². The summed E-state index contributed by atoms with van der Waals surface area (Å²) >= 11 is 0. The number of amides is 1. The van der Waals surface area contributed by atoms with Crippen LogP contribution in [0.3, 0.4) is 0 Å². The fourth-order valence-electron chi connectivity index (χ4n) is 3.49. The van der Waals surface area contributed by atoms with E-state index < -0.39 is 17.8 Å². The smallest absolute Gasteiger partial charge is 0.433 e. The van der Waals surface area contributed by atoms with Gasteiger partial charge >= 0.3 is 6.18 Å². The number of hydrogen-bond donors (Lipinski definition) is 1. The van der Waals surface area contributed by atoms with E-state index in [1.54, 1.807) is 18.2 Å². The van der Waals surface area contributed by atoms with Crippen LogP contribution in [0, 0.1) is 13.8 Å². The van der Waals surface area contributed by atoms with Gasteiger partial charge in [0.05, 0.1) is 19.9 Å². The van der Waals surface area contributed by atoms with Gasteiger partial charge in [-0.1, -0.05) is 12.1 Å². The summed E-state index contributed by atoms with van der Waals surface area (Å²) in [7, 11) is 2.89. The summed E-state index contributed by atoms with van der Waals surface area (Å²) in [4.78, 5) is 17.1. The minimum absolute atomic E-state index is 0.0437. The molecule has 0 aliphatic carbocycles. The second-order valence-electron chi connectivity index (χ2n) is 7.67. The molecule has 0 atom stereocenters. The molecule has 0 saturated carbocycles. The molecule has 4 rings (SSSR count). The van der Waals surface area contributed by atoms with Gasteiger partial charge in [-0.15, -0.1) is 0 Å². The number of fused-ring (bicyclic) bond motifs is 1. The number of aromatic nitrogens is 3. The van der Waals surface area contributed by atoms with Gasteiger partial charge < -0.3 is 14.8 Å². The van der Waals surface area contributed by atoms with Crippen LogP contribution in [0.1, 0.15) is 27.3 Å². The van der Waals surface area contributed by atoms with Gasteiger partial charge in [0.1, 0.15) is 0 Å². The first-order valence-corrected chi connectivity index (χ1v) is 10.2. The van der Waals surface area contributed by atoms with Crippen molar-refractivity contribution < 1.29 is 27.4 Å². The lowest BCUT2D eigenvalue weighted by molar-refractivity contribution is -0.142. The molecule has 7 nitrogen and oxygen atoms in total. The second-order valence-corrected chi connectivity index (χ2v) is 7.67. The second kappa shape index (κ2) is 8.69. The highest BCUT2D eigenvalue weighted by Crippen LogP contribution is 2.35. The Morgan fingerprint density at radius 1 is 0.971 bits per heavy atom. The molecule has 4 aromatic rings. The van der Waals surface area contributed by atoms with Crippen molar-refractivity contribution in [3.63, 3.8) is 0 Å². The molecule has 1 amide bonds. The lowest BCUT2D eigenvalue weighted by Crippen LogP contribution is -2.16. The summed E-state index contributed by atoms with van der Waals surface area (Å²) in [5, 5.41) is 6.61. The number of carbonyl (C=O) groups is 1. The molecular weight excluding hydrogens is 449 g/mol. The van der Waals surface area contributed by atoms with Crippen LogP contribution in [0.5, 0.6) is 11.5 Å². The molecule has 1 N–H and O–H groups in total. The average molecular weight is 470 g/mol. The number of nitrogens with one attached hydrogen (secondary N) is 1. The van der Waals surface area contributed by atoms with E-state index in [0.29, 0.717) is 27.3 Å². The average Bonchev–Trinajstić information content (AvgIpc) is 3.24. The van der Waals surface area contributed by atoms with Gasteiger partial charge in [-0.25, -0.2) is 9.50 Å². The first-order valence-electron chi connectivity index (χ1n) is 10.2. The third-order valence-electron chi connectivity index (χ3n) is 5.27. The predicted molar refractivity (Wildman–Crippen MR) is 120 cm³/mol. The van der Waals surface area contributed by atoms with E-state index >= 15 is 0 Å². The number of carbonyl (C=O) groups excluding carboxylic acids is 1. The maximum Gasteiger partial charge on any atom is 0.433 e. The summed E-state index contributed by atoms with van der Waals surface area (Å²) < 4.78 is 52.8. The molecule has 0 aliphatic rings. The first-order chi connectivity index (χ1) is 16.1. The summed E-state index contributed by atoms with van der Waals surface area (Å²) in [6.07, 6.45) is -4.74. The number of anilines is 1. The van der Waals surface area contributed by atoms with Crippen LogP contribution >= 0.6 is 0 Å². The van der Waals surface area contributed by atoms with E-state index in [1.807, 2.05) is 26.0 Å². The van der Waals surface area contributed by atoms with Crippen molar-refractivity contribution in [1.82, 2.24) is 14.6 Å². The van der Waals surface area contributed by atoms with Gasteiger partial charge in [0.15, 0.2) is 28.5 Å². The Morgan fingerprint density at radius 3 is 2.38 bits per heavy atom. The minimum Gasteiger partial charge on any atom is -0.493 e. The number of methoxy groups -OCH3 is 2. The number of nitrogens with zero attached hydrogens (tertiary/aromatic N) is 3. The van der Waals surface area contributed by atoms with E-state index in [4.69, 9.17) is 9.47 Å². The van der Waals surface area contributed by atoms with Crippen molar-refractivity contribution in [1.29, 1.82) is 0 Å². The maximum atomic E-state index is 13.9. The predicted octanol–water partition coefficient (Wildman–Crippen LogP) is 5.30. The normalized spacial score (nSPS) is 11.5. The number of aryl methyl sites for hydroxylation is 2. The Labute approximate surface area is 193 Å². The van der Waals surface area contributed by atoms with Gasteiger partial charge in [0.25, 0.3) is 5.91 Å². The van der Waals surface area contributed by atoms with Crippen LogP contribution in [0.2, 0.25) is 0 Å². The highest BCUT2D eigenvalue weighted by molar-refractivity contribution is 6.04. The van der Waals surface area contributed by atoms with Gasteiger partial charge in [-0.05, 0) is 55.3 Å². The van der Waals surface area contributed by atoms with Crippen molar-refractivity contribution in [2.75, 3.05) is 19.5 Å². The monoisotopic (exact) mass is 470 g/mol. The van der Waals surface area contributed by atoms with E-state index in [2.05, 4.69) is 15.4 Å². The standard InChI is InChI=1S/C24H21F3N4O3/c1-13-5-6-14(2)16(9-13)29-23(32)18-12-22-28-17(11-21(24(25,26)27)31(22)30-18)15-7-8-19(33-3)20(10-15)34-4/h5-12H,1-4H3,(H,29,32). The molecule has 0 unspecified atom stereocenters. The van der Waals surface area contributed by atoms with Crippen molar-refractivity contribution in [2.45, 2.75) is 20.0 Å². The quantitative estimate of drug-likeness (QED) is 0.428. The van der Waals surface area contributed by atoms with Crippen LogP contribution < -0.4 is 14.8 Å². The summed E-state index contributed by atoms with van der Waals surface area (Å²) in [5.74, 6) is 0.135. The van der Waals surface area contributed by atoms with Crippen molar-refractivity contribution in [2.24, 2.45) is 0 Å². The molecule has 34 heavy (non-hydrogen) atoms. The lowest BCUT2D eigenvalue weighted by atomic mass is 10.1. The third-order valence-corrected chi connectivity index (χ3v) is 5.27. The first kappa shape index (κ1) is 23.1. The topological polar surface area (TPSA) is 77.8 Å². The molecular formula is C24H21F3N4O3. The zero-order valence-corrected chi connectivity index (χ0v) is 18.8. The van der Waals surface area contributed by atoms with E-state index in [9.17, 15) is 18.0 Å². The maximum absolute atomic E-state index is 13.9. The summed E-state index contributed by atoms with van der Waals surface area (Å²) in [5.41, 5.74) is 1.35.